The van der Waals surface area contributed by atoms with E-state index < -0.39 is 0 Å². The first-order valence-corrected chi connectivity index (χ1v) is 12.9. The Kier molecular flexibility index (Phi) is 5.54. The first-order chi connectivity index (χ1) is 18.5. The molecule has 2 heterocycles. The molecule has 1 aliphatic heterocycles. The van der Waals surface area contributed by atoms with E-state index in [1.807, 2.05) is 24.3 Å². The summed E-state index contributed by atoms with van der Waals surface area (Å²) in [5.74, 6) is 0. The van der Waals surface area contributed by atoms with Crippen LogP contribution in [-0.4, -0.2) is 0 Å². The van der Waals surface area contributed by atoms with E-state index in [9.17, 15) is 10.5 Å². The van der Waals surface area contributed by atoms with Crippen molar-refractivity contribution >= 4 is 44.9 Å². The molecule has 5 heteroatoms. The zero-order chi connectivity index (χ0) is 26.4. The van der Waals surface area contributed by atoms with Gasteiger partial charge in [0.15, 0.2) is 0 Å². The van der Waals surface area contributed by atoms with Crippen LogP contribution in [-0.2, 0) is 0 Å². The highest BCUT2D eigenvalue weighted by molar-refractivity contribution is 7.16. The first kappa shape index (κ1) is 23.3. The minimum Gasteiger partial charge on any atom is -0.309 e. The van der Waals surface area contributed by atoms with Crippen LogP contribution in [0, 0.1) is 43.1 Å². The molecule has 6 rings (SSSR count). The van der Waals surface area contributed by atoms with Crippen LogP contribution in [0.1, 0.15) is 16.0 Å². The molecule has 0 saturated carbocycles. The lowest BCUT2D eigenvalue weighted by atomic mass is 9.88. The van der Waals surface area contributed by atoms with E-state index in [1.54, 1.807) is 0 Å². The molecule has 38 heavy (non-hydrogen) atoms. The summed E-state index contributed by atoms with van der Waals surface area (Å²) in [6, 6.07) is 33.5. The largest absolute Gasteiger partial charge is 0.309 e. The summed E-state index contributed by atoms with van der Waals surface area (Å²) in [5.41, 5.74) is 9.18. The fraction of sp³-hybridized carbons (Fsp3) is 0.0606. The van der Waals surface area contributed by atoms with Crippen molar-refractivity contribution in [3.63, 3.8) is 0 Å². The van der Waals surface area contributed by atoms with Crippen molar-refractivity contribution in [1.82, 2.24) is 0 Å². The zero-order valence-corrected chi connectivity index (χ0v) is 21.6. The topological polar surface area (TPSA) is 55.2 Å². The second-order valence-electron chi connectivity index (χ2n) is 9.27. The van der Waals surface area contributed by atoms with Gasteiger partial charge < -0.3 is 4.90 Å². The van der Waals surface area contributed by atoms with Crippen molar-refractivity contribution in [2.24, 2.45) is 0 Å². The summed E-state index contributed by atoms with van der Waals surface area (Å²) in [4.78, 5) is 7.43. The zero-order valence-electron chi connectivity index (χ0n) is 20.8. The molecule has 1 aromatic heterocycles. The summed E-state index contributed by atoms with van der Waals surface area (Å²) in [6.07, 6.45) is 0. The lowest BCUT2D eigenvalue weighted by Crippen LogP contribution is -2.15. The van der Waals surface area contributed by atoms with Gasteiger partial charge in [-0.3, -0.25) is 0 Å². The number of thiophene rings is 1. The summed E-state index contributed by atoms with van der Waals surface area (Å²) in [5, 5.41) is 20.9. The quantitative estimate of drug-likeness (QED) is 0.178. The second-order valence-corrected chi connectivity index (χ2v) is 10.4. The Morgan fingerprint density at radius 2 is 1.53 bits per heavy atom. The number of nitriles is 2. The van der Waals surface area contributed by atoms with Crippen molar-refractivity contribution in [3.8, 4) is 33.7 Å². The molecule has 0 amide bonds. The van der Waals surface area contributed by atoms with Crippen molar-refractivity contribution in [1.29, 1.82) is 10.5 Å². The molecule has 1 aliphatic rings. The SMILES string of the molecule is [C-]#[N+]C(=C(C#N)C#N)c1ccc(-c2ccc3c4c(cccc24)-c2cc(C)ccc2N3c2ccc(C)cc2)s1. The monoisotopic (exact) mass is 504 g/mol. The number of benzene rings is 4. The predicted molar refractivity (Wildman–Crippen MR) is 155 cm³/mol. The lowest BCUT2D eigenvalue weighted by molar-refractivity contribution is 1.27. The Morgan fingerprint density at radius 1 is 0.789 bits per heavy atom. The van der Waals surface area contributed by atoms with Gasteiger partial charge in [-0.15, -0.1) is 11.3 Å². The average molecular weight is 505 g/mol. The number of nitrogens with zero attached hydrogens (tertiary/aromatic N) is 4. The van der Waals surface area contributed by atoms with Crippen molar-refractivity contribution in [2.75, 3.05) is 4.90 Å². The van der Waals surface area contributed by atoms with Crippen molar-refractivity contribution in [2.45, 2.75) is 13.8 Å². The smallest absolute Gasteiger partial charge is 0.231 e. The highest BCUT2D eigenvalue weighted by atomic mass is 32.1. The van der Waals surface area contributed by atoms with Gasteiger partial charge in [0.05, 0.1) is 30.1 Å². The van der Waals surface area contributed by atoms with E-state index in [2.05, 4.69) is 96.4 Å². The highest BCUT2D eigenvalue weighted by Crippen LogP contribution is 2.53. The fourth-order valence-electron chi connectivity index (χ4n) is 5.15. The minimum atomic E-state index is -0.161. The van der Waals surface area contributed by atoms with Crippen LogP contribution >= 0.6 is 11.3 Å². The molecule has 5 aromatic rings. The van der Waals surface area contributed by atoms with Gasteiger partial charge in [-0.2, -0.15) is 10.5 Å². The average Bonchev–Trinajstić information content (AvgIpc) is 3.42. The molecule has 0 spiro atoms. The number of fused-ring (bicyclic) bond motifs is 2. The van der Waals surface area contributed by atoms with Crippen molar-refractivity contribution in [3.05, 3.63) is 118 Å². The van der Waals surface area contributed by atoms with Gasteiger partial charge in [-0.05, 0) is 66.8 Å². The van der Waals surface area contributed by atoms with Gasteiger partial charge in [0, 0.05) is 26.4 Å². The number of allylic oxidation sites excluding steroid dienone is 1. The maximum absolute atomic E-state index is 9.31. The third kappa shape index (κ3) is 3.56. The van der Waals surface area contributed by atoms with Gasteiger partial charge in [-0.1, -0.05) is 59.7 Å². The predicted octanol–water partition coefficient (Wildman–Crippen LogP) is 9.31. The maximum atomic E-state index is 9.31. The van der Waals surface area contributed by atoms with Gasteiger partial charge >= 0.3 is 0 Å². The van der Waals surface area contributed by atoms with E-state index in [1.165, 1.54) is 39.0 Å². The Hall–Kier alpha value is -5.15. The molecule has 4 nitrogen and oxygen atoms in total. The molecule has 0 aliphatic carbocycles. The first-order valence-electron chi connectivity index (χ1n) is 12.1. The summed E-state index contributed by atoms with van der Waals surface area (Å²) in [6.45, 7) is 11.8. The van der Waals surface area contributed by atoms with Gasteiger partial charge in [0.25, 0.3) is 0 Å². The van der Waals surface area contributed by atoms with Gasteiger partial charge in [0.1, 0.15) is 5.57 Å². The molecular weight excluding hydrogens is 484 g/mol. The third-order valence-corrected chi connectivity index (χ3v) is 8.04. The van der Waals surface area contributed by atoms with Crippen LogP contribution in [0.15, 0.2) is 90.5 Å². The van der Waals surface area contributed by atoms with E-state index in [4.69, 9.17) is 6.57 Å². The number of hydrogen-bond acceptors (Lipinski definition) is 4. The third-order valence-electron chi connectivity index (χ3n) is 6.91. The summed E-state index contributed by atoms with van der Waals surface area (Å²) in [7, 11) is 0. The number of anilines is 3. The number of aryl methyl sites for hydroxylation is 2. The Morgan fingerprint density at radius 3 is 2.26 bits per heavy atom. The van der Waals surface area contributed by atoms with Gasteiger partial charge in [0.2, 0.25) is 5.70 Å². The van der Waals surface area contributed by atoms with Crippen LogP contribution in [0.3, 0.4) is 0 Å². The second kappa shape index (κ2) is 9.06. The Balaban J connectivity index is 1.61. The highest BCUT2D eigenvalue weighted by Gasteiger charge is 2.27. The normalized spacial score (nSPS) is 11.3. The maximum Gasteiger partial charge on any atom is 0.231 e. The molecule has 0 saturated heterocycles. The molecule has 0 bridgehead atoms. The van der Waals surface area contributed by atoms with Crippen LogP contribution < -0.4 is 4.90 Å². The molecule has 4 aromatic carbocycles. The minimum absolute atomic E-state index is 0.101. The van der Waals surface area contributed by atoms with Crippen LogP contribution in [0.5, 0.6) is 0 Å². The molecule has 178 valence electrons. The molecule has 0 N–H and O–H groups in total. The lowest BCUT2D eigenvalue weighted by Gasteiger charge is -2.34. The van der Waals surface area contributed by atoms with Crippen molar-refractivity contribution < 1.29 is 0 Å². The van der Waals surface area contributed by atoms with Crippen LogP contribution in [0.2, 0.25) is 0 Å². The van der Waals surface area contributed by atoms with E-state index >= 15 is 0 Å². The van der Waals surface area contributed by atoms with E-state index in [0.29, 0.717) is 4.88 Å². The van der Waals surface area contributed by atoms with Gasteiger partial charge in [-0.25, -0.2) is 4.85 Å². The summed E-state index contributed by atoms with van der Waals surface area (Å²) >= 11 is 1.43. The molecular formula is C33H20N4S. The Bertz CT molecular complexity index is 1910. The number of rotatable bonds is 3. The number of hydrogen-bond donors (Lipinski definition) is 0. The fourth-order valence-corrected chi connectivity index (χ4v) is 6.19. The standard InChI is InChI=1S/C33H20N4S/c1-20-7-10-23(11-8-20)37-28-13-9-21(2)17-27(28)26-6-4-5-25-24(12-14-29(37)32(25)26)30-15-16-31(38-30)33(36-3)22(18-34)19-35/h4-17H,1-2H3. The summed E-state index contributed by atoms with van der Waals surface area (Å²) < 4.78 is 0. The Labute approximate surface area is 225 Å². The molecule has 0 unspecified atom stereocenters. The van der Waals surface area contributed by atoms with E-state index in [0.717, 1.165) is 32.9 Å². The van der Waals surface area contributed by atoms with Crippen LogP contribution in [0.25, 0.3) is 42.9 Å². The van der Waals surface area contributed by atoms with Crippen LogP contribution in [0.4, 0.5) is 17.1 Å². The molecule has 0 fully saturated rings. The molecule has 0 atom stereocenters. The van der Waals surface area contributed by atoms with E-state index in [-0.39, 0.29) is 11.3 Å². The molecule has 0 radical (unpaired) electrons.